The molecular weight excluding hydrogens is 350 g/mol. The fraction of sp³-hybridized carbons (Fsp3) is 0.238. The van der Waals surface area contributed by atoms with Gasteiger partial charge in [0, 0.05) is 29.8 Å². The maximum Gasteiger partial charge on any atom is 0.331 e. The Bertz CT molecular complexity index is 798. The quantitative estimate of drug-likeness (QED) is 0.584. The van der Waals surface area contributed by atoms with Gasteiger partial charge in [-0.25, -0.2) is 4.79 Å². The molecule has 3 rings (SSSR count). The summed E-state index contributed by atoms with van der Waals surface area (Å²) in [4.78, 5) is 26.9. The zero-order valence-electron chi connectivity index (χ0n) is 14.3. The van der Waals surface area contributed by atoms with Gasteiger partial charge in [-0.15, -0.1) is 0 Å². The van der Waals surface area contributed by atoms with Gasteiger partial charge in [0.05, 0.1) is 0 Å². The molecule has 5 heteroatoms. The number of amides is 1. The van der Waals surface area contributed by atoms with Crippen molar-refractivity contribution in [2.45, 2.75) is 18.9 Å². The van der Waals surface area contributed by atoms with Gasteiger partial charge in [0.15, 0.2) is 0 Å². The van der Waals surface area contributed by atoms with Crippen LogP contribution in [0, 0.1) is 0 Å². The van der Waals surface area contributed by atoms with Crippen molar-refractivity contribution in [1.29, 1.82) is 0 Å². The lowest BCUT2D eigenvalue weighted by Gasteiger charge is -2.23. The highest BCUT2D eigenvalue weighted by molar-refractivity contribution is 6.30. The Morgan fingerprint density at radius 1 is 1.04 bits per heavy atom. The van der Waals surface area contributed by atoms with Crippen LogP contribution in [0.15, 0.2) is 60.7 Å². The van der Waals surface area contributed by atoms with Gasteiger partial charge in [-0.1, -0.05) is 54.1 Å². The topological polar surface area (TPSA) is 46.6 Å². The molecule has 0 radical (unpaired) electrons. The molecule has 26 heavy (non-hydrogen) atoms. The van der Waals surface area contributed by atoms with Crippen LogP contribution in [-0.2, 0) is 14.3 Å². The van der Waals surface area contributed by atoms with Crippen molar-refractivity contribution < 1.29 is 14.3 Å². The standard InChI is InChI=1S/C21H20ClNO3/c22-18-10-6-7-16(15-18)11-12-19(24)26-20(17-8-2-1-3-9-17)21(25)23-13-4-5-14-23/h1-3,6-12,15,20H,4-5,13-14H2/b12-11+/t20-/m0/s1. The van der Waals surface area contributed by atoms with Crippen LogP contribution < -0.4 is 0 Å². The number of halogens is 1. The summed E-state index contributed by atoms with van der Waals surface area (Å²) in [5.74, 6) is -0.732. The van der Waals surface area contributed by atoms with E-state index in [1.54, 1.807) is 41.3 Å². The van der Waals surface area contributed by atoms with Gasteiger partial charge in [0.25, 0.3) is 5.91 Å². The SMILES string of the molecule is O=C(/C=C/c1cccc(Cl)c1)O[C@H](C(=O)N1CCCC1)c1ccccc1. The predicted octanol–water partition coefficient (Wildman–Crippen LogP) is 4.26. The first-order valence-corrected chi connectivity index (χ1v) is 8.99. The predicted molar refractivity (Wildman–Crippen MR) is 102 cm³/mol. The minimum atomic E-state index is -0.925. The molecule has 0 unspecified atom stereocenters. The number of carbonyl (C=O) groups is 2. The van der Waals surface area contributed by atoms with Gasteiger partial charge in [-0.3, -0.25) is 4.79 Å². The number of benzene rings is 2. The lowest BCUT2D eigenvalue weighted by Crippen LogP contribution is -2.34. The summed E-state index contributed by atoms with van der Waals surface area (Å²) >= 11 is 5.94. The molecule has 0 spiro atoms. The second-order valence-corrected chi connectivity index (χ2v) is 6.58. The van der Waals surface area contributed by atoms with Gasteiger partial charge < -0.3 is 9.64 Å². The maximum absolute atomic E-state index is 12.8. The first-order valence-electron chi connectivity index (χ1n) is 8.61. The Morgan fingerprint density at radius 2 is 1.77 bits per heavy atom. The van der Waals surface area contributed by atoms with Crippen molar-refractivity contribution in [2.24, 2.45) is 0 Å². The van der Waals surface area contributed by atoms with E-state index in [0.717, 1.165) is 18.4 Å². The summed E-state index contributed by atoms with van der Waals surface area (Å²) in [6, 6.07) is 16.3. The van der Waals surface area contributed by atoms with E-state index < -0.39 is 12.1 Å². The summed E-state index contributed by atoms with van der Waals surface area (Å²) in [6.07, 6.45) is 3.98. The van der Waals surface area contributed by atoms with E-state index in [1.807, 2.05) is 24.3 Å². The molecule has 2 aromatic carbocycles. The molecule has 134 valence electrons. The zero-order valence-corrected chi connectivity index (χ0v) is 15.1. The third-order valence-corrected chi connectivity index (χ3v) is 4.47. The molecule has 1 heterocycles. The van der Waals surface area contributed by atoms with E-state index in [0.29, 0.717) is 23.7 Å². The molecule has 0 aliphatic carbocycles. The van der Waals surface area contributed by atoms with Gasteiger partial charge in [-0.05, 0) is 36.6 Å². The highest BCUT2D eigenvalue weighted by Gasteiger charge is 2.30. The average Bonchev–Trinajstić information content (AvgIpc) is 3.19. The second-order valence-electron chi connectivity index (χ2n) is 6.15. The summed E-state index contributed by atoms with van der Waals surface area (Å²) in [7, 11) is 0. The van der Waals surface area contributed by atoms with Gasteiger partial charge in [0.1, 0.15) is 0 Å². The Morgan fingerprint density at radius 3 is 2.46 bits per heavy atom. The van der Waals surface area contributed by atoms with E-state index in [-0.39, 0.29) is 5.91 Å². The third kappa shape index (κ3) is 4.73. The van der Waals surface area contributed by atoms with Crippen LogP contribution in [0.2, 0.25) is 5.02 Å². The monoisotopic (exact) mass is 369 g/mol. The molecule has 1 fully saturated rings. The molecule has 4 nitrogen and oxygen atoms in total. The molecule has 1 aliphatic heterocycles. The Labute approximate surface area is 158 Å². The highest BCUT2D eigenvalue weighted by Crippen LogP contribution is 2.23. The minimum Gasteiger partial charge on any atom is -0.444 e. The van der Waals surface area contributed by atoms with Crippen LogP contribution in [0.5, 0.6) is 0 Å². The fourth-order valence-electron chi connectivity index (χ4n) is 2.92. The van der Waals surface area contributed by atoms with E-state index in [9.17, 15) is 9.59 Å². The van der Waals surface area contributed by atoms with Gasteiger partial charge in [-0.2, -0.15) is 0 Å². The molecule has 0 saturated carbocycles. The molecule has 2 aromatic rings. The van der Waals surface area contributed by atoms with E-state index in [4.69, 9.17) is 16.3 Å². The van der Waals surface area contributed by atoms with Crippen molar-refractivity contribution in [3.63, 3.8) is 0 Å². The van der Waals surface area contributed by atoms with Crippen molar-refractivity contribution in [2.75, 3.05) is 13.1 Å². The van der Waals surface area contributed by atoms with E-state index >= 15 is 0 Å². The molecule has 1 saturated heterocycles. The maximum atomic E-state index is 12.8. The third-order valence-electron chi connectivity index (χ3n) is 4.24. The Kier molecular flexibility index (Phi) is 6.08. The number of hydrogen-bond acceptors (Lipinski definition) is 3. The number of hydrogen-bond donors (Lipinski definition) is 0. The molecule has 1 aliphatic rings. The molecular formula is C21H20ClNO3. The van der Waals surface area contributed by atoms with Crippen LogP contribution in [-0.4, -0.2) is 29.9 Å². The lowest BCUT2D eigenvalue weighted by molar-refractivity contribution is -0.156. The molecule has 0 aromatic heterocycles. The summed E-state index contributed by atoms with van der Waals surface area (Å²) in [5, 5.41) is 0.590. The van der Waals surface area contributed by atoms with E-state index in [1.165, 1.54) is 6.08 Å². The van der Waals surface area contributed by atoms with Gasteiger partial charge >= 0.3 is 5.97 Å². The van der Waals surface area contributed by atoms with Crippen LogP contribution in [0.1, 0.15) is 30.1 Å². The number of ether oxygens (including phenoxy) is 1. The molecule has 0 bridgehead atoms. The summed E-state index contributed by atoms with van der Waals surface area (Å²) < 4.78 is 5.51. The van der Waals surface area contributed by atoms with Crippen molar-refractivity contribution in [3.05, 3.63) is 76.8 Å². The van der Waals surface area contributed by atoms with Crippen molar-refractivity contribution in [1.82, 2.24) is 4.90 Å². The highest BCUT2D eigenvalue weighted by atomic mass is 35.5. The normalized spacial score (nSPS) is 15.2. The number of nitrogens with zero attached hydrogens (tertiary/aromatic N) is 1. The van der Waals surface area contributed by atoms with Crippen LogP contribution in [0.3, 0.4) is 0 Å². The Balaban J connectivity index is 1.74. The first-order chi connectivity index (χ1) is 12.6. The number of rotatable bonds is 5. The number of likely N-dealkylation sites (tertiary alicyclic amines) is 1. The fourth-order valence-corrected chi connectivity index (χ4v) is 3.12. The smallest absolute Gasteiger partial charge is 0.331 e. The second kappa shape index (κ2) is 8.68. The van der Waals surface area contributed by atoms with Crippen LogP contribution in [0.4, 0.5) is 0 Å². The molecule has 1 atom stereocenters. The van der Waals surface area contributed by atoms with Gasteiger partial charge in [0.2, 0.25) is 6.10 Å². The number of esters is 1. The molecule has 0 N–H and O–H groups in total. The summed E-state index contributed by atoms with van der Waals surface area (Å²) in [5.41, 5.74) is 1.46. The average molecular weight is 370 g/mol. The van der Waals surface area contributed by atoms with Crippen LogP contribution in [0.25, 0.3) is 6.08 Å². The lowest BCUT2D eigenvalue weighted by atomic mass is 10.1. The van der Waals surface area contributed by atoms with Crippen molar-refractivity contribution in [3.8, 4) is 0 Å². The first kappa shape index (κ1) is 18.2. The Hall–Kier alpha value is -2.59. The number of carbonyl (C=O) groups excluding carboxylic acids is 2. The zero-order chi connectivity index (χ0) is 18.4. The van der Waals surface area contributed by atoms with Crippen LogP contribution >= 0.6 is 11.6 Å². The summed E-state index contributed by atoms with van der Waals surface area (Å²) in [6.45, 7) is 1.41. The largest absolute Gasteiger partial charge is 0.444 e. The molecule has 1 amide bonds. The minimum absolute atomic E-state index is 0.168. The van der Waals surface area contributed by atoms with E-state index in [2.05, 4.69) is 0 Å². The van der Waals surface area contributed by atoms with Crippen molar-refractivity contribution >= 4 is 29.6 Å².